The monoisotopic (exact) mass is 284 g/mol. The molecular formula is C13H8F4N2O. The summed E-state index contributed by atoms with van der Waals surface area (Å²) in [4.78, 5) is 19.6. The molecular weight excluding hydrogens is 276 g/mol. The van der Waals surface area contributed by atoms with Crippen molar-refractivity contribution < 1.29 is 22.4 Å². The molecule has 0 aliphatic carbocycles. The van der Waals surface area contributed by atoms with Crippen LogP contribution in [0.2, 0.25) is 0 Å². The van der Waals surface area contributed by atoms with Crippen molar-refractivity contribution in [2.24, 2.45) is 0 Å². The molecule has 1 aromatic carbocycles. The van der Waals surface area contributed by atoms with E-state index in [0.717, 1.165) is 6.07 Å². The lowest BCUT2D eigenvalue weighted by molar-refractivity contribution is -0.140. The molecule has 0 aliphatic rings. The molecule has 0 unspecified atom stereocenters. The summed E-state index contributed by atoms with van der Waals surface area (Å²) < 4.78 is 50.6. The van der Waals surface area contributed by atoms with Crippen molar-refractivity contribution in [2.75, 3.05) is 0 Å². The number of halogens is 4. The van der Waals surface area contributed by atoms with Crippen LogP contribution in [0.3, 0.4) is 0 Å². The van der Waals surface area contributed by atoms with Crippen LogP contribution < -0.4 is 0 Å². The van der Waals surface area contributed by atoms with Gasteiger partial charge in [-0.25, -0.2) is 9.37 Å². The SMILES string of the molecule is Cc1cnc(C(=O)c2ccc(C(F)(F)F)c(F)c2)cn1. The Bertz CT molecular complexity index is 650. The minimum Gasteiger partial charge on any atom is -0.287 e. The molecule has 7 heteroatoms. The number of aromatic nitrogens is 2. The van der Waals surface area contributed by atoms with Gasteiger partial charge in [-0.1, -0.05) is 6.07 Å². The van der Waals surface area contributed by atoms with E-state index in [1.807, 2.05) is 0 Å². The molecule has 2 aromatic rings. The zero-order valence-corrected chi connectivity index (χ0v) is 10.2. The van der Waals surface area contributed by atoms with Crippen LogP contribution in [-0.2, 0) is 6.18 Å². The number of aryl methyl sites for hydroxylation is 1. The highest BCUT2D eigenvalue weighted by molar-refractivity contribution is 6.07. The van der Waals surface area contributed by atoms with E-state index < -0.39 is 23.3 Å². The lowest BCUT2D eigenvalue weighted by atomic mass is 10.1. The maximum atomic E-state index is 13.4. The number of ketones is 1. The standard InChI is InChI=1S/C13H8F4N2O/c1-7-5-19-11(6-18-7)12(20)8-2-3-9(10(14)4-8)13(15,16)17/h2-6H,1H3. The third-order valence-electron chi connectivity index (χ3n) is 2.55. The third-order valence-corrected chi connectivity index (χ3v) is 2.55. The lowest BCUT2D eigenvalue weighted by Gasteiger charge is -2.08. The zero-order chi connectivity index (χ0) is 14.9. The van der Waals surface area contributed by atoms with Gasteiger partial charge in [-0.05, 0) is 19.1 Å². The highest BCUT2D eigenvalue weighted by Gasteiger charge is 2.34. The summed E-state index contributed by atoms with van der Waals surface area (Å²) in [6.45, 7) is 1.67. The zero-order valence-electron chi connectivity index (χ0n) is 10.2. The topological polar surface area (TPSA) is 42.9 Å². The van der Waals surface area contributed by atoms with Gasteiger partial charge in [-0.2, -0.15) is 13.2 Å². The molecule has 1 aromatic heterocycles. The Morgan fingerprint density at radius 2 is 1.85 bits per heavy atom. The highest BCUT2D eigenvalue weighted by atomic mass is 19.4. The number of hydrogen-bond donors (Lipinski definition) is 0. The molecule has 3 nitrogen and oxygen atoms in total. The minimum atomic E-state index is -4.80. The van der Waals surface area contributed by atoms with Gasteiger partial charge in [0.25, 0.3) is 0 Å². The second kappa shape index (κ2) is 4.99. The second-order valence-corrected chi connectivity index (χ2v) is 4.06. The average molecular weight is 284 g/mol. The van der Waals surface area contributed by atoms with Gasteiger partial charge in [-0.3, -0.25) is 9.78 Å². The van der Waals surface area contributed by atoms with E-state index in [1.54, 1.807) is 6.92 Å². The number of carbonyl (C=O) groups excluding carboxylic acids is 1. The Hall–Kier alpha value is -2.31. The Labute approximate surface area is 111 Å². The summed E-state index contributed by atoms with van der Waals surface area (Å²) in [5.41, 5.74) is -1.10. The first kappa shape index (κ1) is 14.1. The minimum absolute atomic E-state index is 0.0604. The predicted molar refractivity (Wildman–Crippen MR) is 61.6 cm³/mol. The molecule has 0 fully saturated rings. The molecule has 0 atom stereocenters. The van der Waals surface area contributed by atoms with Crippen molar-refractivity contribution in [3.63, 3.8) is 0 Å². The van der Waals surface area contributed by atoms with Crippen molar-refractivity contribution in [2.45, 2.75) is 13.1 Å². The van der Waals surface area contributed by atoms with Gasteiger partial charge in [0.2, 0.25) is 5.78 Å². The fourth-order valence-corrected chi connectivity index (χ4v) is 1.54. The molecule has 0 N–H and O–H groups in total. The molecule has 0 amide bonds. The normalized spacial score (nSPS) is 11.4. The van der Waals surface area contributed by atoms with E-state index in [4.69, 9.17) is 0 Å². The maximum absolute atomic E-state index is 13.4. The average Bonchev–Trinajstić information content (AvgIpc) is 2.37. The van der Waals surface area contributed by atoms with Gasteiger partial charge >= 0.3 is 6.18 Å². The van der Waals surface area contributed by atoms with Crippen molar-refractivity contribution in [3.05, 3.63) is 58.9 Å². The Balaban J connectivity index is 2.37. The number of carbonyl (C=O) groups is 1. The summed E-state index contributed by atoms with van der Waals surface area (Å²) >= 11 is 0. The molecule has 0 bridgehead atoms. The third kappa shape index (κ3) is 2.81. The largest absolute Gasteiger partial charge is 0.419 e. The van der Waals surface area contributed by atoms with Crippen molar-refractivity contribution in [1.29, 1.82) is 0 Å². The summed E-state index contributed by atoms with van der Waals surface area (Å²) in [5, 5.41) is 0. The van der Waals surface area contributed by atoms with Gasteiger partial charge in [-0.15, -0.1) is 0 Å². The summed E-state index contributed by atoms with van der Waals surface area (Å²) in [6, 6.07) is 1.99. The van der Waals surface area contributed by atoms with Crippen LogP contribution in [0.4, 0.5) is 17.6 Å². The fraction of sp³-hybridized carbons (Fsp3) is 0.154. The fourth-order valence-electron chi connectivity index (χ4n) is 1.54. The molecule has 20 heavy (non-hydrogen) atoms. The first-order valence-corrected chi connectivity index (χ1v) is 5.49. The van der Waals surface area contributed by atoms with Crippen molar-refractivity contribution in [3.8, 4) is 0 Å². The molecule has 2 rings (SSSR count). The van der Waals surface area contributed by atoms with E-state index >= 15 is 0 Å². The van der Waals surface area contributed by atoms with E-state index in [2.05, 4.69) is 9.97 Å². The molecule has 0 saturated carbocycles. The number of benzene rings is 1. The number of rotatable bonds is 2. The quantitative estimate of drug-likeness (QED) is 0.628. The Morgan fingerprint density at radius 1 is 1.15 bits per heavy atom. The van der Waals surface area contributed by atoms with Crippen molar-refractivity contribution in [1.82, 2.24) is 9.97 Å². The van der Waals surface area contributed by atoms with E-state index in [9.17, 15) is 22.4 Å². The van der Waals surface area contributed by atoms with Crippen LogP contribution in [0.1, 0.15) is 27.3 Å². The van der Waals surface area contributed by atoms with Gasteiger partial charge in [0.1, 0.15) is 11.5 Å². The molecule has 0 spiro atoms. The van der Waals surface area contributed by atoms with Crippen LogP contribution in [0, 0.1) is 12.7 Å². The molecule has 0 aliphatic heterocycles. The lowest BCUT2D eigenvalue weighted by Crippen LogP contribution is -2.11. The van der Waals surface area contributed by atoms with Crippen molar-refractivity contribution >= 4 is 5.78 Å². The van der Waals surface area contributed by atoms with E-state index in [0.29, 0.717) is 17.8 Å². The van der Waals surface area contributed by atoms with E-state index in [-0.39, 0.29) is 11.3 Å². The van der Waals surface area contributed by atoms with Crippen LogP contribution in [0.25, 0.3) is 0 Å². The van der Waals surface area contributed by atoms with E-state index in [1.165, 1.54) is 12.4 Å². The number of nitrogens with zero attached hydrogens (tertiary/aromatic N) is 2. The van der Waals surface area contributed by atoms with Crippen LogP contribution in [-0.4, -0.2) is 15.8 Å². The van der Waals surface area contributed by atoms with Gasteiger partial charge in [0, 0.05) is 11.8 Å². The summed E-state index contributed by atoms with van der Waals surface area (Å²) in [7, 11) is 0. The predicted octanol–water partition coefficient (Wildman–Crippen LogP) is 3.17. The summed E-state index contributed by atoms with van der Waals surface area (Å²) in [5.74, 6) is -2.19. The Morgan fingerprint density at radius 3 is 2.35 bits per heavy atom. The molecule has 1 heterocycles. The smallest absolute Gasteiger partial charge is 0.287 e. The van der Waals surface area contributed by atoms with Gasteiger partial charge in [0.15, 0.2) is 0 Å². The summed E-state index contributed by atoms with van der Waals surface area (Å²) in [6.07, 6.45) is -2.27. The molecule has 0 saturated heterocycles. The Kier molecular flexibility index (Phi) is 3.52. The first-order valence-electron chi connectivity index (χ1n) is 5.49. The highest BCUT2D eigenvalue weighted by Crippen LogP contribution is 2.31. The number of alkyl halides is 3. The first-order chi connectivity index (χ1) is 9.29. The molecule has 0 radical (unpaired) electrons. The van der Waals surface area contributed by atoms with Crippen LogP contribution in [0.5, 0.6) is 0 Å². The number of hydrogen-bond acceptors (Lipinski definition) is 3. The maximum Gasteiger partial charge on any atom is 0.419 e. The van der Waals surface area contributed by atoms with Gasteiger partial charge < -0.3 is 0 Å². The molecule has 104 valence electrons. The van der Waals surface area contributed by atoms with Gasteiger partial charge in [0.05, 0.1) is 17.5 Å². The second-order valence-electron chi connectivity index (χ2n) is 4.06. The van der Waals surface area contributed by atoms with Crippen LogP contribution >= 0.6 is 0 Å². The van der Waals surface area contributed by atoms with Crippen LogP contribution in [0.15, 0.2) is 30.6 Å².